The molecule has 4 nitrogen and oxygen atoms in total. The Morgan fingerprint density at radius 1 is 1.08 bits per heavy atom. The molecule has 0 radical (unpaired) electrons. The molecule has 0 aliphatic carbocycles. The fraction of sp³-hybridized carbons (Fsp3) is 0.125. The van der Waals surface area contributed by atoms with Crippen LogP contribution < -0.4 is 10.6 Å². The van der Waals surface area contributed by atoms with Gasteiger partial charge in [-0.05, 0) is 48.6 Å². The fourth-order valence-electron chi connectivity index (χ4n) is 2.22. The number of guanidine groups is 1. The zero-order valence-electron chi connectivity index (χ0n) is 12.4. The van der Waals surface area contributed by atoms with Crippen LogP contribution in [-0.4, -0.2) is 29.1 Å². The summed E-state index contributed by atoms with van der Waals surface area (Å²) >= 11 is 23.6. The number of halogens is 3. The van der Waals surface area contributed by atoms with Crippen LogP contribution in [0.2, 0.25) is 15.1 Å². The molecule has 0 bridgehead atoms. The second-order valence-corrected chi connectivity index (χ2v) is 6.71. The maximum Gasteiger partial charge on any atom is 0.204 e. The lowest BCUT2D eigenvalue weighted by Crippen LogP contribution is -2.41. The molecule has 0 fully saturated rings. The van der Waals surface area contributed by atoms with Crippen LogP contribution in [0.15, 0.2) is 47.5 Å². The molecule has 2 aromatic carbocycles. The standard InChI is InChI=1S/C16H13Cl3N4S/c17-10-2-1-3-12(8-10)21-16(24)23-7-6-20-15(23)22-14-5-4-11(18)9-13(14)19/h1-5,8-9H,6-7H2,(H,20,22)(H,21,24). The number of benzene rings is 2. The van der Waals surface area contributed by atoms with E-state index in [0.717, 1.165) is 11.4 Å². The third-order valence-corrected chi connectivity index (χ3v) is 4.44. The summed E-state index contributed by atoms with van der Waals surface area (Å²) in [5, 5.41) is 8.63. The van der Waals surface area contributed by atoms with Crippen molar-refractivity contribution in [3.8, 4) is 0 Å². The molecule has 0 saturated heterocycles. The molecule has 2 N–H and O–H groups in total. The van der Waals surface area contributed by atoms with Gasteiger partial charge in [-0.3, -0.25) is 9.89 Å². The zero-order valence-corrected chi connectivity index (χ0v) is 15.5. The summed E-state index contributed by atoms with van der Waals surface area (Å²) in [6.07, 6.45) is 0. The molecule has 0 saturated carbocycles. The van der Waals surface area contributed by atoms with Gasteiger partial charge in [-0.1, -0.05) is 40.9 Å². The average molecular weight is 400 g/mol. The molecule has 24 heavy (non-hydrogen) atoms. The van der Waals surface area contributed by atoms with E-state index in [2.05, 4.69) is 15.6 Å². The van der Waals surface area contributed by atoms with Gasteiger partial charge in [0.15, 0.2) is 5.11 Å². The highest BCUT2D eigenvalue weighted by Gasteiger charge is 2.22. The average Bonchev–Trinajstić information content (AvgIpc) is 2.98. The van der Waals surface area contributed by atoms with Crippen molar-refractivity contribution < 1.29 is 0 Å². The molecular formula is C16H13Cl3N4S. The molecule has 2 aromatic rings. The lowest BCUT2D eigenvalue weighted by atomic mass is 10.3. The van der Waals surface area contributed by atoms with Crippen molar-refractivity contribution in [2.24, 2.45) is 4.99 Å². The Morgan fingerprint density at radius 2 is 1.88 bits per heavy atom. The van der Waals surface area contributed by atoms with Gasteiger partial charge >= 0.3 is 0 Å². The van der Waals surface area contributed by atoms with E-state index in [1.54, 1.807) is 18.2 Å². The number of hydrogen-bond donors (Lipinski definition) is 2. The van der Waals surface area contributed by atoms with Crippen LogP contribution in [0.3, 0.4) is 0 Å². The van der Waals surface area contributed by atoms with E-state index >= 15 is 0 Å². The van der Waals surface area contributed by atoms with Gasteiger partial charge in [0.1, 0.15) is 0 Å². The number of thiocarbonyl (C=S) groups is 1. The van der Waals surface area contributed by atoms with Crippen LogP contribution in [0, 0.1) is 0 Å². The minimum Gasteiger partial charge on any atom is -0.332 e. The molecule has 0 spiro atoms. The zero-order chi connectivity index (χ0) is 17.1. The first-order chi connectivity index (χ1) is 11.5. The van der Waals surface area contributed by atoms with Crippen molar-refractivity contribution in [1.82, 2.24) is 4.90 Å². The topological polar surface area (TPSA) is 39.7 Å². The Morgan fingerprint density at radius 3 is 2.62 bits per heavy atom. The van der Waals surface area contributed by atoms with E-state index in [0.29, 0.717) is 39.2 Å². The highest BCUT2D eigenvalue weighted by Crippen LogP contribution is 2.26. The van der Waals surface area contributed by atoms with E-state index < -0.39 is 0 Å². The first kappa shape index (κ1) is 17.3. The molecule has 124 valence electrons. The summed E-state index contributed by atoms with van der Waals surface area (Å²) in [4.78, 5) is 6.32. The Kier molecular flexibility index (Phi) is 5.46. The predicted octanol–water partition coefficient (Wildman–Crippen LogP) is 5.13. The van der Waals surface area contributed by atoms with E-state index in [9.17, 15) is 0 Å². The molecule has 0 amide bonds. The van der Waals surface area contributed by atoms with Gasteiger partial charge in [-0.15, -0.1) is 0 Å². The minimum atomic E-state index is 0.519. The number of nitrogens with one attached hydrogen (secondary N) is 2. The van der Waals surface area contributed by atoms with Gasteiger partial charge in [0, 0.05) is 22.3 Å². The first-order valence-corrected chi connectivity index (χ1v) is 8.68. The summed E-state index contributed by atoms with van der Waals surface area (Å²) < 4.78 is 0. The highest BCUT2D eigenvalue weighted by molar-refractivity contribution is 7.80. The molecule has 0 atom stereocenters. The maximum atomic E-state index is 6.20. The number of anilines is 2. The summed E-state index contributed by atoms with van der Waals surface area (Å²) in [5.41, 5.74) is 1.54. The summed E-state index contributed by atoms with van der Waals surface area (Å²) in [7, 11) is 0. The minimum absolute atomic E-state index is 0.519. The van der Waals surface area contributed by atoms with Crippen molar-refractivity contribution in [3.05, 3.63) is 57.5 Å². The highest BCUT2D eigenvalue weighted by atomic mass is 35.5. The van der Waals surface area contributed by atoms with Crippen molar-refractivity contribution in [1.29, 1.82) is 0 Å². The van der Waals surface area contributed by atoms with Gasteiger partial charge in [-0.2, -0.15) is 0 Å². The van der Waals surface area contributed by atoms with E-state index in [1.165, 1.54) is 0 Å². The predicted molar refractivity (Wildman–Crippen MR) is 107 cm³/mol. The number of hydrogen-bond acceptors (Lipinski definition) is 3. The SMILES string of the molecule is S=C(Nc1cccc(Cl)c1)N1CCN=C1Nc1ccc(Cl)cc1Cl. The largest absolute Gasteiger partial charge is 0.332 e. The van der Waals surface area contributed by atoms with E-state index in [1.807, 2.05) is 29.2 Å². The monoisotopic (exact) mass is 398 g/mol. The molecule has 0 aromatic heterocycles. The Labute approximate surface area is 160 Å². The molecule has 1 aliphatic heterocycles. The summed E-state index contributed by atoms with van der Waals surface area (Å²) in [5.74, 6) is 0.638. The van der Waals surface area contributed by atoms with Gasteiger partial charge in [0.25, 0.3) is 0 Å². The molecule has 1 heterocycles. The van der Waals surface area contributed by atoms with Crippen molar-refractivity contribution in [2.45, 2.75) is 0 Å². The van der Waals surface area contributed by atoms with Gasteiger partial charge in [0.2, 0.25) is 5.96 Å². The van der Waals surface area contributed by atoms with Crippen LogP contribution >= 0.6 is 47.0 Å². The normalized spacial score (nSPS) is 13.6. The number of aliphatic imine (C=N–C) groups is 1. The molecule has 0 unspecified atom stereocenters. The maximum absolute atomic E-state index is 6.20. The van der Waals surface area contributed by atoms with Crippen molar-refractivity contribution >= 4 is 69.5 Å². The molecule has 1 aliphatic rings. The van der Waals surface area contributed by atoms with Crippen molar-refractivity contribution in [3.63, 3.8) is 0 Å². The lowest BCUT2D eigenvalue weighted by Gasteiger charge is -2.23. The second-order valence-electron chi connectivity index (χ2n) is 5.05. The summed E-state index contributed by atoms with van der Waals surface area (Å²) in [6, 6.07) is 12.6. The van der Waals surface area contributed by atoms with E-state index in [-0.39, 0.29) is 0 Å². The second kappa shape index (κ2) is 7.57. The summed E-state index contributed by atoms with van der Waals surface area (Å²) in [6.45, 7) is 1.32. The van der Waals surface area contributed by atoms with Crippen LogP contribution in [-0.2, 0) is 0 Å². The Bertz CT molecular complexity index is 810. The number of rotatable bonds is 2. The van der Waals surface area contributed by atoms with Crippen molar-refractivity contribution in [2.75, 3.05) is 23.7 Å². The van der Waals surface area contributed by atoms with Gasteiger partial charge in [0.05, 0.1) is 17.3 Å². The van der Waals surface area contributed by atoms with Crippen LogP contribution in [0.25, 0.3) is 0 Å². The third-order valence-electron chi connectivity index (χ3n) is 3.34. The molecular weight excluding hydrogens is 387 g/mol. The number of nitrogens with zero attached hydrogens (tertiary/aromatic N) is 2. The van der Waals surface area contributed by atoms with Crippen LogP contribution in [0.1, 0.15) is 0 Å². The smallest absolute Gasteiger partial charge is 0.204 e. The van der Waals surface area contributed by atoms with Gasteiger partial charge < -0.3 is 10.6 Å². The molecule has 3 rings (SSSR count). The van der Waals surface area contributed by atoms with Gasteiger partial charge in [-0.25, -0.2) is 0 Å². The Balaban J connectivity index is 1.71. The fourth-order valence-corrected chi connectivity index (χ4v) is 3.16. The van der Waals surface area contributed by atoms with Crippen LogP contribution in [0.4, 0.5) is 11.4 Å². The third kappa shape index (κ3) is 4.11. The molecule has 8 heteroatoms. The first-order valence-electron chi connectivity index (χ1n) is 7.13. The quantitative estimate of drug-likeness (QED) is 0.687. The van der Waals surface area contributed by atoms with E-state index in [4.69, 9.17) is 47.0 Å². The van der Waals surface area contributed by atoms with Crippen LogP contribution in [0.5, 0.6) is 0 Å². The lowest BCUT2D eigenvalue weighted by molar-refractivity contribution is 0.674. The Hall–Kier alpha value is -1.53.